The Balaban J connectivity index is 1.35. The Kier molecular flexibility index (Phi) is 6.94. The highest BCUT2D eigenvalue weighted by molar-refractivity contribution is 6.05. The molecule has 1 fully saturated rings. The van der Waals surface area contributed by atoms with Gasteiger partial charge in [0.05, 0.1) is 18.8 Å². The number of hydrogen-bond acceptors (Lipinski definition) is 6. The van der Waals surface area contributed by atoms with Crippen molar-refractivity contribution in [3.8, 4) is 0 Å². The average Bonchev–Trinajstić information content (AvgIpc) is 3.35. The number of nitrogens with zero attached hydrogens (tertiary/aromatic N) is 3. The second-order valence-corrected chi connectivity index (χ2v) is 9.01. The van der Waals surface area contributed by atoms with E-state index in [4.69, 9.17) is 4.74 Å². The maximum absolute atomic E-state index is 13.9. The molecule has 3 aromatic rings. The molecule has 0 saturated carbocycles. The third-order valence-corrected chi connectivity index (χ3v) is 6.66. The van der Waals surface area contributed by atoms with Crippen molar-refractivity contribution >= 4 is 34.6 Å². The van der Waals surface area contributed by atoms with Gasteiger partial charge in [0.1, 0.15) is 5.69 Å². The summed E-state index contributed by atoms with van der Waals surface area (Å²) < 4.78 is 46.9. The van der Waals surface area contributed by atoms with Crippen molar-refractivity contribution in [2.75, 3.05) is 55.0 Å². The number of ether oxygens (including phenoxy) is 1. The molecule has 0 atom stereocenters. The number of carbonyl (C=O) groups excluding carboxylic acids is 2. The lowest BCUT2D eigenvalue weighted by molar-refractivity contribution is -0.137. The Morgan fingerprint density at radius 3 is 2.45 bits per heavy atom. The van der Waals surface area contributed by atoms with Gasteiger partial charge in [-0.1, -0.05) is 0 Å². The third kappa shape index (κ3) is 5.14. The Morgan fingerprint density at radius 2 is 1.71 bits per heavy atom. The lowest BCUT2D eigenvalue weighted by Gasteiger charge is -2.31. The van der Waals surface area contributed by atoms with E-state index in [1.807, 2.05) is 18.2 Å². The number of alkyl halides is 3. The van der Waals surface area contributed by atoms with Gasteiger partial charge < -0.3 is 25.2 Å². The van der Waals surface area contributed by atoms with Crippen molar-refractivity contribution in [3.63, 3.8) is 0 Å². The van der Waals surface area contributed by atoms with Crippen LogP contribution in [0.2, 0.25) is 0 Å². The van der Waals surface area contributed by atoms with Crippen LogP contribution in [0, 0.1) is 0 Å². The lowest BCUT2D eigenvalue weighted by Crippen LogP contribution is -2.37. The quantitative estimate of drug-likeness (QED) is 0.518. The van der Waals surface area contributed by atoms with E-state index in [1.54, 1.807) is 30.3 Å². The zero-order chi connectivity index (χ0) is 26.9. The van der Waals surface area contributed by atoms with Gasteiger partial charge in [0.15, 0.2) is 0 Å². The first-order valence-electron chi connectivity index (χ1n) is 12.2. The first-order chi connectivity index (χ1) is 18.2. The van der Waals surface area contributed by atoms with Crippen LogP contribution < -0.4 is 20.4 Å². The number of aromatic nitrogens is 1. The van der Waals surface area contributed by atoms with Gasteiger partial charge in [-0.3, -0.25) is 14.6 Å². The van der Waals surface area contributed by atoms with Crippen molar-refractivity contribution in [3.05, 3.63) is 77.1 Å². The van der Waals surface area contributed by atoms with Gasteiger partial charge in [0, 0.05) is 61.2 Å². The molecule has 38 heavy (non-hydrogen) atoms. The summed E-state index contributed by atoms with van der Waals surface area (Å²) >= 11 is 0. The molecule has 1 saturated heterocycles. The Labute approximate surface area is 217 Å². The molecule has 198 valence electrons. The van der Waals surface area contributed by atoms with Crippen LogP contribution in [-0.2, 0) is 17.3 Å². The Bertz CT molecular complexity index is 1370. The van der Waals surface area contributed by atoms with E-state index in [0.717, 1.165) is 23.0 Å². The summed E-state index contributed by atoms with van der Waals surface area (Å²) in [4.78, 5) is 32.7. The fraction of sp³-hybridized carbons (Fsp3) is 0.296. The van der Waals surface area contributed by atoms with Gasteiger partial charge in [-0.25, -0.2) is 0 Å². The fourth-order valence-electron chi connectivity index (χ4n) is 4.77. The van der Waals surface area contributed by atoms with Crippen molar-refractivity contribution in [1.29, 1.82) is 0 Å². The van der Waals surface area contributed by atoms with Crippen LogP contribution in [0.4, 0.5) is 35.9 Å². The van der Waals surface area contributed by atoms with Crippen LogP contribution in [0.25, 0.3) is 0 Å². The minimum atomic E-state index is -4.61. The third-order valence-electron chi connectivity index (χ3n) is 6.66. The standard InChI is InChI=1S/C27H26F3N5O3/c1-31-26(37)22-16-20(6-8-32-22)35-9-7-17-14-19(3-5-23(17)35)33-25(36)18-2-4-24(21(15-18)27(28,29)30)34-10-12-38-13-11-34/h2-6,8,14-16H,7,9-13H2,1H3,(H,31,37)(H,33,36). The molecule has 0 aliphatic carbocycles. The van der Waals surface area contributed by atoms with Crippen molar-refractivity contribution in [2.24, 2.45) is 0 Å². The number of morpholine rings is 1. The van der Waals surface area contributed by atoms with Gasteiger partial charge >= 0.3 is 6.18 Å². The number of pyridine rings is 1. The highest BCUT2D eigenvalue weighted by Crippen LogP contribution is 2.38. The van der Waals surface area contributed by atoms with Crippen LogP contribution in [0.15, 0.2) is 54.7 Å². The molecule has 0 unspecified atom stereocenters. The molecule has 2 aromatic carbocycles. The normalized spacial score (nSPS) is 15.3. The minimum absolute atomic E-state index is 0.0469. The number of anilines is 4. The summed E-state index contributed by atoms with van der Waals surface area (Å²) in [5, 5.41) is 5.29. The molecule has 2 amide bonds. The molecule has 0 bridgehead atoms. The largest absolute Gasteiger partial charge is 0.418 e. The highest BCUT2D eigenvalue weighted by Gasteiger charge is 2.36. The van der Waals surface area contributed by atoms with Crippen LogP contribution in [0.1, 0.15) is 32.0 Å². The molecule has 5 rings (SSSR count). The van der Waals surface area contributed by atoms with Crippen molar-refractivity contribution in [1.82, 2.24) is 10.3 Å². The van der Waals surface area contributed by atoms with E-state index in [9.17, 15) is 22.8 Å². The maximum Gasteiger partial charge on any atom is 0.418 e. The van der Waals surface area contributed by atoms with Crippen molar-refractivity contribution in [2.45, 2.75) is 12.6 Å². The van der Waals surface area contributed by atoms with E-state index in [0.29, 0.717) is 50.7 Å². The molecule has 2 N–H and O–H groups in total. The lowest BCUT2D eigenvalue weighted by atomic mass is 10.1. The zero-order valence-corrected chi connectivity index (χ0v) is 20.6. The van der Waals surface area contributed by atoms with E-state index in [2.05, 4.69) is 20.5 Å². The monoisotopic (exact) mass is 525 g/mol. The number of fused-ring (bicyclic) bond motifs is 1. The van der Waals surface area contributed by atoms with Gasteiger partial charge in [-0.05, 0) is 60.5 Å². The number of rotatable bonds is 5. The van der Waals surface area contributed by atoms with E-state index in [1.165, 1.54) is 12.1 Å². The van der Waals surface area contributed by atoms with Crippen LogP contribution in [-0.4, -0.2) is 56.7 Å². The molecule has 1 aromatic heterocycles. The van der Waals surface area contributed by atoms with Crippen LogP contribution in [0.3, 0.4) is 0 Å². The maximum atomic E-state index is 13.9. The van der Waals surface area contributed by atoms with Crippen molar-refractivity contribution < 1.29 is 27.5 Å². The molecule has 8 nitrogen and oxygen atoms in total. The molecule has 0 radical (unpaired) electrons. The summed E-state index contributed by atoms with van der Waals surface area (Å²) in [5.41, 5.74) is 2.63. The first kappa shape index (κ1) is 25.5. The zero-order valence-electron chi connectivity index (χ0n) is 20.6. The van der Waals surface area contributed by atoms with Crippen LogP contribution >= 0.6 is 0 Å². The Morgan fingerprint density at radius 1 is 0.947 bits per heavy atom. The molecule has 11 heteroatoms. The average molecular weight is 526 g/mol. The molecule has 0 spiro atoms. The number of nitrogens with one attached hydrogen (secondary N) is 2. The predicted molar refractivity (Wildman–Crippen MR) is 137 cm³/mol. The van der Waals surface area contributed by atoms with E-state index < -0.39 is 17.6 Å². The molecule has 3 heterocycles. The second kappa shape index (κ2) is 10.3. The van der Waals surface area contributed by atoms with Crippen LogP contribution in [0.5, 0.6) is 0 Å². The summed E-state index contributed by atoms with van der Waals surface area (Å²) in [6.45, 7) is 2.08. The van der Waals surface area contributed by atoms with Gasteiger partial charge in [0.25, 0.3) is 11.8 Å². The van der Waals surface area contributed by atoms with E-state index in [-0.39, 0.29) is 17.2 Å². The predicted octanol–water partition coefficient (Wildman–Crippen LogP) is 4.24. The smallest absolute Gasteiger partial charge is 0.378 e. The molecular formula is C27H26F3N5O3. The number of hydrogen-bond donors (Lipinski definition) is 2. The fourth-order valence-corrected chi connectivity index (χ4v) is 4.77. The number of carbonyl (C=O) groups is 2. The number of amides is 2. The van der Waals surface area contributed by atoms with E-state index >= 15 is 0 Å². The molecule has 2 aliphatic heterocycles. The number of benzene rings is 2. The Hall–Kier alpha value is -4.12. The second-order valence-electron chi connectivity index (χ2n) is 9.01. The summed E-state index contributed by atoms with van der Waals surface area (Å²) in [5.74, 6) is -0.904. The molecule has 2 aliphatic rings. The van der Waals surface area contributed by atoms with Gasteiger partial charge in [0.2, 0.25) is 0 Å². The molecular weight excluding hydrogens is 499 g/mol. The number of halogens is 3. The highest BCUT2D eigenvalue weighted by atomic mass is 19.4. The summed E-state index contributed by atoms with van der Waals surface area (Å²) in [7, 11) is 1.54. The summed E-state index contributed by atoms with van der Waals surface area (Å²) in [6, 6.07) is 12.6. The first-order valence-corrected chi connectivity index (χ1v) is 12.2. The SMILES string of the molecule is CNC(=O)c1cc(N2CCc3cc(NC(=O)c4ccc(N5CCOCC5)c(C(F)(F)F)c4)ccc32)ccn1. The van der Waals surface area contributed by atoms with Gasteiger partial charge in [-0.15, -0.1) is 0 Å². The topological polar surface area (TPSA) is 86.8 Å². The minimum Gasteiger partial charge on any atom is -0.378 e. The summed E-state index contributed by atoms with van der Waals surface area (Å²) in [6.07, 6.45) is -2.33. The van der Waals surface area contributed by atoms with Gasteiger partial charge in [-0.2, -0.15) is 13.2 Å².